The molecule has 0 atom stereocenters. The highest BCUT2D eigenvalue weighted by molar-refractivity contribution is 9.10. The molecule has 0 amide bonds. The molecular weight excluding hydrogens is 342 g/mol. The first-order valence-corrected chi connectivity index (χ1v) is 6.95. The molecule has 3 nitrogen and oxygen atoms in total. The number of halogens is 2. The van der Waals surface area contributed by atoms with E-state index in [0.717, 1.165) is 10.0 Å². The van der Waals surface area contributed by atoms with Crippen LogP contribution in [0.15, 0.2) is 51.9 Å². The van der Waals surface area contributed by atoms with Crippen molar-refractivity contribution in [3.63, 3.8) is 0 Å². The van der Waals surface area contributed by atoms with E-state index < -0.39 is 5.97 Å². The van der Waals surface area contributed by atoms with Crippen LogP contribution in [-0.2, 0) is 4.74 Å². The lowest BCUT2D eigenvalue weighted by Crippen LogP contribution is -2.01. The van der Waals surface area contributed by atoms with Crippen molar-refractivity contribution < 1.29 is 9.53 Å². The van der Waals surface area contributed by atoms with Crippen molar-refractivity contribution in [1.82, 2.24) is 0 Å². The topological polar surface area (TPSA) is 38.7 Å². The standard InChI is InChI=1S/C15H11BrClNO2/c1-20-15(19)13-8-12(17)5-6-14(13)18-9-10-3-2-4-11(16)7-10/h2-9H,1H3/b18-9+. The molecule has 0 N–H and O–H groups in total. The van der Waals surface area contributed by atoms with Crippen LogP contribution in [0.25, 0.3) is 0 Å². The SMILES string of the molecule is COC(=O)c1cc(Cl)ccc1/N=C/c1cccc(Br)c1. The minimum absolute atomic E-state index is 0.339. The predicted octanol–water partition coefficient (Wildman–Crippen LogP) is 4.64. The van der Waals surface area contributed by atoms with E-state index >= 15 is 0 Å². The van der Waals surface area contributed by atoms with E-state index in [-0.39, 0.29) is 0 Å². The monoisotopic (exact) mass is 351 g/mol. The third-order valence-electron chi connectivity index (χ3n) is 2.57. The molecule has 0 saturated carbocycles. The van der Waals surface area contributed by atoms with Crippen molar-refractivity contribution in [3.8, 4) is 0 Å². The number of rotatable bonds is 3. The summed E-state index contributed by atoms with van der Waals surface area (Å²) < 4.78 is 5.69. The average molecular weight is 353 g/mol. The number of esters is 1. The number of benzene rings is 2. The summed E-state index contributed by atoms with van der Waals surface area (Å²) in [5.74, 6) is -0.464. The van der Waals surface area contributed by atoms with E-state index in [1.807, 2.05) is 24.3 Å². The van der Waals surface area contributed by atoms with Crippen LogP contribution in [0.5, 0.6) is 0 Å². The summed E-state index contributed by atoms with van der Waals surface area (Å²) in [4.78, 5) is 16.0. The lowest BCUT2D eigenvalue weighted by atomic mass is 10.2. The number of carbonyl (C=O) groups excluding carboxylic acids is 1. The van der Waals surface area contributed by atoms with Crippen molar-refractivity contribution in [2.45, 2.75) is 0 Å². The predicted molar refractivity (Wildman–Crippen MR) is 84.2 cm³/mol. The van der Waals surface area contributed by atoms with Crippen LogP contribution in [0.2, 0.25) is 5.02 Å². The first-order valence-electron chi connectivity index (χ1n) is 5.77. The number of hydrogen-bond donors (Lipinski definition) is 0. The Hall–Kier alpha value is -1.65. The van der Waals surface area contributed by atoms with E-state index in [0.29, 0.717) is 16.3 Å². The first-order chi connectivity index (χ1) is 9.60. The zero-order valence-corrected chi connectivity index (χ0v) is 13.0. The number of ether oxygens (including phenoxy) is 1. The second kappa shape index (κ2) is 6.68. The van der Waals surface area contributed by atoms with Crippen molar-refractivity contribution in [3.05, 3.63) is 63.1 Å². The molecule has 2 rings (SSSR count). The number of carbonyl (C=O) groups is 1. The number of hydrogen-bond acceptors (Lipinski definition) is 3. The molecule has 2 aromatic rings. The Kier molecular flexibility index (Phi) is 4.93. The molecule has 0 bridgehead atoms. The Morgan fingerprint density at radius 1 is 1.30 bits per heavy atom. The molecule has 5 heteroatoms. The van der Waals surface area contributed by atoms with E-state index in [4.69, 9.17) is 16.3 Å². The summed E-state index contributed by atoms with van der Waals surface area (Å²) in [6, 6.07) is 12.6. The third-order valence-corrected chi connectivity index (χ3v) is 3.29. The Bertz CT molecular complexity index is 671. The van der Waals surface area contributed by atoms with Gasteiger partial charge in [-0.3, -0.25) is 4.99 Å². The van der Waals surface area contributed by atoms with Gasteiger partial charge in [-0.05, 0) is 35.9 Å². The van der Waals surface area contributed by atoms with Gasteiger partial charge in [0.05, 0.1) is 18.4 Å². The Balaban J connectivity index is 2.36. The zero-order valence-electron chi connectivity index (χ0n) is 10.6. The van der Waals surface area contributed by atoms with Crippen molar-refractivity contribution >= 4 is 45.4 Å². The second-order valence-corrected chi connectivity index (χ2v) is 5.32. The molecule has 102 valence electrons. The van der Waals surface area contributed by atoms with E-state index in [1.54, 1.807) is 24.4 Å². The molecule has 0 fully saturated rings. The molecule has 0 aliphatic rings. The van der Waals surface area contributed by atoms with E-state index in [9.17, 15) is 4.79 Å². The van der Waals surface area contributed by atoms with Crippen LogP contribution < -0.4 is 0 Å². The van der Waals surface area contributed by atoms with Crippen LogP contribution in [0.4, 0.5) is 5.69 Å². The van der Waals surface area contributed by atoms with Gasteiger partial charge >= 0.3 is 5.97 Å². The maximum Gasteiger partial charge on any atom is 0.340 e. The molecule has 0 spiro atoms. The number of aliphatic imine (C=N–C) groups is 1. The highest BCUT2D eigenvalue weighted by Crippen LogP contribution is 2.24. The summed E-state index contributed by atoms with van der Waals surface area (Å²) in [5, 5.41) is 0.465. The molecule has 0 radical (unpaired) electrons. The van der Waals surface area contributed by atoms with Gasteiger partial charge in [0.1, 0.15) is 0 Å². The van der Waals surface area contributed by atoms with Crippen LogP contribution in [-0.4, -0.2) is 19.3 Å². The Morgan fingerprint density at radius 3 is 2.80 bits per heavy atom. The van der Waals surface area contributed by atoms with Gasteiger partial charge < -0.3 is 4.74 Å². The highest BCUT2D eigenvalue weighted by Gasteiger charge is 2.11. The summed E-state index contributed by atoms with van der Waals surface area (Å²) in [6.07, 6.45) is 1.68. The Labute approximate surface area is 130 Å². The fourth-order valence-electron chi connectivity index (χ4n) is 1.63. The van der Waals surface area contributed by atoms with Gasteiger partial charge in [-0.25, -0.2) is 4.79 Å². The molecular formula is C15H11BrClNO2. The lowest BCUT2D eigenvalue weighted by Gasteiger charge is -2.04. The second-order valence-electron chi connectivity index (χ2n) is 3.97. The molecule has 0 aromatic heterocycles. The molecule has 0 heterocycles. The fourth-order valence-corrected chi connectivity index (χ4v) is 2.21. The maximum absolute atomic E-state index is 11.7. The first kappa shape index (κ1) is 14.8. The van der Waals surface area contributed by atoms with E-state index in [2.05, 4.69) is 20.9 Å². The van der Waals surface area contributed by atoms with Crippen LogP contribution in [0, 0.1) is 0 Å². The maximum atomic E-state index is 11.7. The molecule has 2 aromatic carbocycles. The largest absolute Gasteiger partial charge is 0.465 e. The van der Waals surface area contributed by atoms with Crippen LogP contribution >= 0.6 is 27.5 Å². The van der Waals surface area contributed by atoms with Gasteiger partial charge in [0.15, 0.2) is 0 Å². The highest BCUT2D eigenvalue weighted by atomic mass is 79.9. The third kappa shape index (κ3) is 3.68. The van der Waals surface area contributed by atoms with Crippen LogP contribution in [0.3, 0.4) is 0 Å². The van der Waals surface area contributed by atoms with Crippen LogP contribution in [0.1, 0.15) is 15.9 Å². The minimum Gasteiger partial charge on any atom is -0.465 e. The van der Waals surface area contributed by atoms with Gasteiger partial charge in [-0.2, -0.15) is 0 Å². The van der Waals surface area contributed by atoms with Gasteiger partial charge in [-0.15, -0.1) is 0 Å². The minimum atomic E-state index is -0.464. The summed E-state index contributed by atoms with van der Waals surface area (Å²) in [7, 11) is 1.32. The van der Waals surface area contributed by atoms with Gasteiger partial charge in [0.25, 0.3) is 0 Å². The van der Waals surface area contributed by atoms with Crippen molar-refractivity contribution in [1.29, 1.82) is 0 Å². The Morgan fingerprint density at radius 2 is 2.10 bits per heavy atom. The normalized spacial score (nSPS) is 10.8. The average Bonchev–Trinajstić information content (AvgIpc) is 2.45. The van der Waals surface area contributed by atoms with Gasteiger partial charge in [-0.1, -0.05) is 39.7 Å². The molecule has 0 unspecified atom stereocenters. The van der Waals surface area contributed by atoms with Crippen molar-refractivity contribution in [2.75, 3.05) is 7.11 Å². The summed E-state index contributed by atoms with van der Waals surface area (Å²) in [6.45, 7) is 0. The summed E-state index contributed by atoms with van der Waals surface area (Å²) >= 11 is 9.28. The van der Waals surface area contributed by atoms with Gasteiger partial charge in [0, 0.05) is 15.7 Å². The molecule has 0 saturated heterocycles. The summed E-state index contributed by atoms with van der Waals surface area (Å²) in [5.41, 5.74) is 1.78. The molecule has 0 aliphatic carbocycles. The van der Waals surface area contributed by atoms with E-state index in [1.165, 1.54) is 7.11 Å². The van der Waals surface area contributed by atoms with Gasteiger partial charge in [0.2, 0.25) is 0 Å². The lowest BCUT2D eigenvalue weighted by molar-refractivity contribution is 0.0601. The fraction of sp³-hybridized carbons (Fsp3) is 0.0667. The molecule has 20 heavy (non-hydrogen) atoms. The smallest absolute Gasteiger partial charge is 0.340 e. The molecule has 0 aliphatic heterocycles. The quantitative estimate of drug-likeness (QED) is 0.596. The number of methoxy groups -OCH3 is 1. The van der Waals surface area contributed by atoms with Crippen molar-refractivity contribution in [2.24, 2.45) is 4.99 Å². The number of nitrogens with zero attached hydrogens (tertiary/aromatic N) is 1. The zero-order chi connectivity index (χ0) is 14.5.